The minimum atomic E-state index is 0.255. The zero-order valence-corrected chi connectivity index (χ0v) is 36.7. The van der Waals surface area contributed by atoms with Crippen LogP contribution in [0.25, 0.3) is 76.9 Å². The highest BCUT2D eigenvalue weighted by atomic mass is 15.2. The lowest BCUT2D eigenvalue weighted by Crippen LogP contribution is -2.21. The highest BCUT2D eigenvalue weighted by molar-refractivity contribution is 6.22. The molecule has 0 radical (unpaired) electrons. The normalized spacial score (nSPS) is 13.4. The van der Waals surface area contributed by atoms with Crippen molar-refractivity contribution in [1.29, 1.82) is 0 Å². The molecule has 9 aromatic carbocycles. The van der Waals surface area contributed by atoms with Gasteiger partial charge in [0, 0.05) is 44.8 Å². The van der Waals surface area contributed by atoms with Crippen LogP contribution in [-0.2, 0) is 0 Å². The number of benzene rings is 9. The first-order chi connectivity index (χ1) is 32.1. The molecule has 1 aliphatic carbocycles. The van der Waals surface area contributed by atoms with Crippen molar-refractivity contribution < 1.29 is 0 Å². The van der Waals surface area contributed by atoms with Gasteiger partial charge in [0.25, 0.3) is 0 Å². The lowest BCUT2D eigenvalue weighted by molar-refractivity contribution is 0.805. The third-order valence-corrected chi connectivity index (χ3v) is 13.3. The number of allylic oxidation sites excluding steroid dienone is 6. The van der Waals surface area contributed by atoms with Crippen LogP contribution in [0.15, 0.2) is 249 Å². The predicted molar refractivity (Wildman–Crippen MR) is 279 cm³/mol. The Morgan fingerprint density at radius 2 is 1.25 bits per heavy atom. The Hall–Kier alpha value is -7.94. The third-order valence-electron chi connectivity index (χ3n) is 13.3. The number of hydrogen-bond acceptors (Lipinski definition) is 1. The smallest absolute Gasteiger partial charge is 0.0619 e. The lowest BCUT2D eigenvalue weighted by atomic mass is 9.92. The fraction of sp³-hybridized carbons (Fsp3) is 0.0794. The van der Waals surface area contributed by atoms with E-state index in [4.69, 9.17) is 6.58 Å². The van der Waals surface area contributed by atoms with Crippen molar-refractivity contribution in [2.45, 2.75) is 32.1 Å². The summed E-state index contributed by atoms with van der Waals surface area (Å²) >= 11 is 0. The molecule has 2 nitrogen and oxygen atoms in total. The van der Waals surface area contributed by atoms with Gasteiger partial charge in [-0.25, -0.2) is 0 Å². The van der Waals surface area contributed by atoms with Gasteiger partial charge in [0.2, 0.25) is 0 Å². The minimum Gasteiger partial charge on any atom is -0.315 e. The van der Waals surface area contributed by atoms with E-state index in [1.54, 1.807) is 0 Å². The topological polar surface area (TPSA) is 8.17 Å². The van der Waals surface area contributed by atoms with Crippen LogP contribution in [0.2, 0.25) is 0 Å². The van der Waals surface area contributed by atoms with Crippen LogP contribution in [0.5, 0.6) is 0 Å². The molecule has 1 heterocycles. The summed E-state index contributed by atoms with van der Waals surface area (Å²) in [6.07, 6.45) is 12.0. The molecule has 0 saturated heterocycles. The summed E-state index contributed by atoms with van der Waals surface area (Å²) in [4.78, 5) is 2.39. The largest absolute Gasteiger partial charge is 0.315 e. The zero-order valence-electron chi connectivity index (χ0n) is 36.7. The van der Waals surface area contributed by atoms with Crippen LogP contribution in [0, 0.1) is 0 Å². The second-order valence-corrected chi connectivity index (χ2v) is 17.2. The van der Waals surface area contributed by atoms with E-state index in [0.29, 0.717) is 0 Å². The zero-order chi connectivity index (χ0) is 43.7. The summed E-state index contributed by atoms with van der Waals surface area (Å²) in [5.41, 5.74) is 15.6. The Kier molecular flexibility index (Phi) is 10.6. The van der Waals surface area contributed by atoms with Crippen LogP contribution in [-0.4, -0.2) is 4.57 Å². The van der Waals surface area contributed by atoms with Gasteiger partial charge in [0.05, 0.1) is 11.0 Å². The van der Waals surface area contributed by atoms with Crippen molar-refractivity contribution in [2.24, 2.45) is 0 Å². The molecule has 1 atom stereocenters. The van der Waals surface area contributed by atoms with Gasteiger partial charge in [-0.2, -0.15) is 0 Å². The summed E-state index contributed by atoms with van der Waals surface area (Å²) in [5.74, 6) is 0.255. The Labute approximate surface area is 382 Å². The molecular weight excluding hydrogens is 785 g/mol. The third kappa shape index (κ3) is 7.58. The number of rotatable bonds is 11. The van der Waals surface area contributed by atoms with Crippen molar-refractivity contribution in [1.82, 2.24) is 4.57 Å². The van der Waals surface area contributed by atoms with Gasteiger partial charge in [-0.3, -0.25) is 0 Å². The molecule has 0 amide bonds. The lowest BCUT2D eigenvalue weighted by Gasteiger charge is -2.31. The van der Waals surface area contributed by atoms with Crippen molar-refractivity contribution in [3.05, 3.63) is 260 Å². The minimum absolute atomic E-state index is 0.255. The fourth-order valence-electron chi connectivity index (χ4n) is 10.0. The maximum Gasteiger partial charge on any atom is 0.0619 e. The molecule has 0 saturated carbocycles. The fourth-order valence-corrected chi connectivity index (χ4v) is 10.0. The molecule has 65 heavy (non-hydrogen) atoms. The summed E-state index contributed by atoms with van der Waals surface area (Å²) in [7, 11) is 0. The van der Waals surface area contributed by atoms with Crippen LogP contribution in [0.1, 0.15) is 43.2 Å². The second-order valence-electron chi connectivity index (χ2n) is 17.2. The molecular formula is C63H50N2. The quantitative estimate of drug-likeness (QED) is 0.118. The second kappa shape index (κ2) is 17.3. The van der Waals surface area contributed by atoms with Crippen molar-refractivity contribution >= 4 is 54.6 Å². The van der Waals surface area contributed by atoms with E-state index >= 15 is 0 Å². The first kappa shape index (κ1) is 39.9. The standard InChI is InChI=1S/C63H50N2/c1-3-45(53-35-34-47-18-10-11-20-52(47)42-53)29-28-44(2)64(56-39-36-50(37-40-56)49-32-30-48(31-33-49)46-16-6-4-7-17-46)57-24-14-21-54(43-57)58-26-15-27-61-62(58)60-41-38-51-19-12-13-25-59(51)63(60)65(61)55-22-8-5-9-23-55/h4-36,38-39,41-43,45H,2-3,37,40H2,1H3/b29-28-. The molecule has 312 valence electrons. The monoisotopic (exact) mass is 834 g/mol. The van der Waals surface area contributed by atoms with E-state index in [1.807, 2.05) is 0 Å². The average Bonchev–Trinajstić information content (AvgIpc) is 3.73. The Morgan fingerprint density at radius 1 is 0.569 bits per heavy atom. The van der Waals surface area contributed by atoms with E-state index in [2.05, 4.69) is 247 Å². The molecule has 10 aromatic rings. The molecule has 0 aliphatic heterocycles. The summed E-state index contributed by atoms with van der Waals surface area (Å²) in [6, 6.07) is 75.1. The van der Waals surface area contributed by atoms with Gasteiger partial charge in [0.1, 0.15) is 0 Å². The Bertz CT molecular complexity index is 3470. The molecule has 1 unspecified atom stereocenters. The van der Waals surface area contributed by atoms with Crippen LogP contribution < -0.4 is 4.90 Å². The first-order valence-electron chi connectivity index (χ1n) is 22.9. The van der Waals surface area contributed by atoms with Gasteiger partial charge in [-0.05, 0) is 117 Å². The van der Waals surface area contributed by atoms with Crippen molar-refractivity contribution in [3.8, 4) is 27.9 Å². The van der Waals surface area contributed by atoms with Crippen LogP contribution in [0.4, 0.5) is 5.69 Å². The average molecular weight is 835 g/mol. The van der Waals surface area contributed by atoms with Gasteiger partial charge in [0.15, 0.2) is 0 Å². The van der Waals surface area contributed by atoms with E-state index in [9.17, 15) is 0 Å². The van der Waals surface area contributed by atoms with Crippen molar-refractivity contribution in [2.75, 3.05) is 4.90 Å². The number of hydrogen-bond donors (Lipinski definition) is 0. The number of aromatic nitrogens is 1. The van der Waals surface area contributed by atoms with Crippen LogP contribution in [0.3, 0.4) is 0 Å². The molecule has 1 aromatic heterocycles. The SMILES string of the molecule is C=C(/C=C\C(CC)c1ccc2ccccc2c1)N(C1=CC=C(c2ccc(-c3ccccc3)cc2)CC1)c1cccc(-c2cccc3c2c2ccc4ccccc4c2n3-c2ccccc2)c1. The van der Waals surface area contributed by atoms with E-state index in [1.165, 1.54) is 88.0 Å². The highest BCUT2D eigenvalue weighted by Gasteiger charge is 2.22. The number of anilines is 1. The molecule has 0 spiro atoms. The molecule has 11 rings (SSSR count). The Morgan fingerprint density at radius 3 is 2.03 bits per heavy atom. The van der Waals surface area contributed by atoms with Gasteiger partial charge >= 0.3 is 0 Å². The van der Waals surface area contributed by atoms with Gasteiger partial charge in [-0.1, -0.05) is 202 Å². The summed E-state index contributed by atoms with van der Waals surface area (Å²) < 4.78 is 2.45. The summed E-state index contributed by atoms with van der Waals surface area (Å²) in [5, 5.41) is 7.52. The van der Waals surface area contributed by atoms with Crippen LogP contribution >= 0.6 is 0 Å². The number of para-hydroxylation sites is 1. The van der Waals surface area contributed by atoms with E-state index in [0.717, 1.165) is 36.3 Å². The molecule has 0 fully saturated rings. The maximum absolute atomic E-state index is 4.81. The summed E-state index contributed by atoms with van der Waals surface area (Å²) in [6.45, 7) is 7.08. The predicted octanol–water partition coefficient (Wildman–Crippen LogP) is 17.3. The molecule has 0 N–H and O–H groups in total. The van der Waals surface area contributed by atoms with Gasteiger partial charge in [-0.15, -0.1) is 0 Å². The van der Waals surface area contributed by atoms with Crippen molar-refractivity contribution in [3.63, 3.8) is 0 Å². The molecule has 2 heteroatoms. The maximum atomic E-state index is 4.81. The highest BCUT2D eigenvalue weighted by Crippen LogP contribution is 2.43. The van der Waals surface area contributed by atoms with E-state index in [-0.39, 0.29) is 5.92 Å². The van der Waals surface area contributed by atoms with Gasteiger partial charge < -0.3 is 9.47 Å². The van der Waals surface area contributed by atoms with E-state index < -0.39 is 0 Å². The first-order valence-corrected chi connectivity index (χ1v) is 22.9. The Balaban J connectivity index is 1.01. The number of fused-ring (bicyclic) bond motifs is 6. The number of nitrogens with zero attached hydrogens (tertiary/aromatic N) is 2. The molecule has 1 aliphatic rings. The molecule has 0 bridgehead atoms.